The molecule has 0 fully saturated rings. The van der Waals surface area contributed by atoms with Crippen LogP contribution in [0.5, 0.6) is 5.75 Å². The third-order valence-corrected chi connectivity index (χ3v) is 4.81. The summed E-state index contributed by atoms with van der Waals surface area (Å²) in [5.74, 6) is -0.170. The molecular weight excluding hydrogens is 456 g/mol. The predicted molar refractivity (Wildman–Crippen MR) is 119 cm³/mol. The van der Waals surface area contributed by atoms with Crippen molar-refractivity contribution in [2.45, 2.75) is 13.0 Å². The number of halogens is 2. The number of hydrogen-bond donors (Lipinski definition) is 2. The van der Waals surface area contributed by atoms with Crippen LogP contribution in [0, 0.1) is 0 Å². The van der Waals surface area contributed by atoms with Crippen LogP contribution in [0.4, 0.5) is 11.4 Å². The number of amides is 2. The first-order valence-corrected chi connectivity index (χ1v) is 9.98. The van der Waals surface area contributed by atoms with Gasteiger partial charge in [-0.2, -0.15) is 0 Å². The molecule has 2 amide bonds. The topological polar surface area (TPSA) is 67.4 Å². The van der Waals surface area contributed by atoms with E-state index < -0.39 is 6.10 Å². The van der Waals surface area contributed by atoms with E-state index in [2.05, 4.69) is 26.6 Å². The Bertz CT molecular complexity index is 1010. The smallest absolute Gasteiger partial charge is 0.265 e. The molecular formula is C22H18BrClN2O3. The zero-order chi connectivity index (χ0) is 20.8. The molecule has 0 heterocycles. The molecule has 0 radical (unpaired) electrons. The lowest BCUT2D eigenvalue weighted by Gasteiger charge is -2.16. The third kappa shape index (κ3) is 5.82. The van der Waals surface area contributed by atoms with Gasteiger partial charge >= 0.3 is 0 Å². The Labute approximate surface area is 182 Å². The summed E-state index contributed by atoms with van der Waals surface area (Å²) in [4.78, 5) is 25.2. The molecule has 0 saturated heterocycles. The van der Waals surface area contributed by atoms with Crippen LogP contribution in [0.1, 0.15) is 17.3 Å². The molecule has 5 nitrogen and oxygen atoms in total. The van der Waals surface area contributed by atoms with Crippen LogP contribution in [0.3, 0.4) is 0 Å². The van der Waals surface area contributed by atoms with E-state index in [-0.39, 0.29) is 11.8 Å². The lowest BCUT2D eigenvalue weighted by atomic mass is 10.1. The molecule has 3 aromatic rings. The van der Waals surface area contributed by atoms with Gasteiger partial charge in [-0.15, -0.1) is 0 Å². The first kappa shape index (κ1) is 20.9. The number of carbonyl (C=O) groups excluding carboxylic acids is 2. The SMILES string of the molecule is C[C@H](Oc1ccc(Cl)cc1)C(=O)Nc1ccccc1C(=O)Nc1ccc(Br)cc1. The molecule has 0 unspecified atom stereocenters. The van der Waals surface area contributed by atoms with Gasteiger partial charge in [0.15, 0.2) is 6.10 Å². The summed E-state index contributed by atoms with van der Waals surface area (Å²) in [7, 11) is 0. The minimum absolute atomic E-state index is 0.325. The number of anilines is 2. The molecule has 29 heavy (non-hydrogen) atoms. The number of nitrogens with one attached hydrogen (secondary N) is 2. The zero-order valence-corrected chi connectivity index (χ0v) is 17.8. The van der Waals surface area contributed by atoms with Crippen molar-refractivity contribution in [2.24, 2.45) is 0 Å². The maximum Gasteiger partial charge on any atom is 0.265 e. The fourth-order valence-electron chi connectivity index (χ4n) is 2.53. The van der Waals surface area contributed by atoms with Crippen molar-refractivity contribution >= 4 is 50.7 Å². The van der Waals surface area contributed by atoms with Crippen LogP contribution < -0.4 is 15.4 Å². The molecule has 0 bridgehead atoms. The van der Waals surface area contributed by atoms with Crippen LogP contribution in [-0.4, -0.2) is 17.9 Å². The number of carbonyl (C=O) groups is 2. The van der Waals surface area contributed by atoms with E-state index in [4.69, 9.17) is 16.3 Å². The maximum absolute atomic E-state index is 12.7. The Hall–Kier alpha value is -2.83. The van der Waals surface area contributed by atoms with E-state index in [1.165, 1.54) is 0 Å². The molecule has 2 N–H and O–H groups in total. The van der Waals surface area contributed by atoms with Crippen molar-refractivity contribution in [1.82, 2.24) is 0 Å². The van der Waals surface area contributed by atoms with Crippen molar-refractivity contribution in [3.8, 4) is 5.75 Å². The number of benzene rings is 3. The van der Waals surface area contributed by atoms with Crippen LogP contribution in [-0.2, 0) is 4.79 Å². The van der Waals surface area contributed by atoms with Gasteiger partial charge in [0.1, 0.15) is 5.75 Å². The van der Waals surface area contributed by atoms with Gasteiger partial charge in [-0.05, 0) is 67.6 Å². The Morgan fingerprint density at radius 1 is 0.931 bits per heavy atom. The van der Waals surface area contributed by atoms with Crippen molar-refractivity contribution in [2.75, 3.05) is 10.6 Å². The standard InChI is InChI=1S/C22H18BrClN2O3/c1-14(29-18-12-8-16(24)9-13-18)21(27)26-20-5-3-2-4-19(20)22(28)25-17-10-6-15(23)7-11-17/h2-14H,1H3,(H,25,28)(H,26,27)/t14-/m0/s1. The molecule has 0 aliphatic heterocycles. The van der Waals surface area contributed by atoms with E-state index in [1.54, 1.807) is 67.6 Å². The predicted octanol–water partition coefficient (Wildman–Crippen LogP) is 5.76. The van der Waals surface area contributed by atoms with Gasteiger partial charge < -0.3 is 15.4 Å². The van der Waals surface area contributed by atoms with Gasteiger partial charge in [0.25, 0.3) is 11.8 Å². The second-order valence-corrected chi connectivity index (χ2v) is 7.56. The van der Waals surface area contributed by atoms with Crippen molar-refractivity contribution in [1.29, 1.82) is 0 Å². The van der Waals surface area contributed by atoms with Gasteiger partial charge in [-0.25, -0.2) is 0 Å². The van der Waals surface area contributed by atoms with Crippen LogP contribution in [0.15, 0.2) is 77.3 Å². The highest BCUT2D eigenvalue weighted by atomic mass is 79.9. The van der Waals surface area contributed by atoms with Crippen LogP contribution in [0.25, 0.3) is 0 Å². The fraction of sp³-hybridized carbons (Fsp3) is 0.0909. The van der Waals surface area contributed by atoms with Gasteiger partial charge in [-0.1, -0.05) is 39.7 Å². The summed E-state index contributed by atoms with van der Waals surface area (Å²) in [6.45, 7) is 1.63. The molecule has 0 saturated carbocycles. The van der Waals surface area contributed by atoms with Gasteiger partial charge in [-0.3, -0.25) is 9.59 Å². The Morgan fingerprint density at radius 2 is 1.59 bits per heavy atom. The monoisotopic (exact) mass is 472 g/mol. The first-order valence-electron chi connectivity index (χ1n) is 8.81. The molecule has 3 rings (SSSR count). The van der Waals surface area contributed by atoms with Crippen LogP contribution >= 0.6 is 27.5 Å². The molecule has 0 aliphatic carbocycles. The highest BCUT2D eigenvalue weighted by Gasteiger charge is 2.18. The Morgan fingerprint density at radius 3 is 2.28 bits per heavy atom. The highest BCUT2D eigenvalue weighted by Crippen LogP contribution is 2.21. The minimum atomic E-state index is -0.765. The maximum atomic E-state index is 12.7. The first-order chi connectivity index (χ1) is 13.9. The molecule has 7 heteroatoms. The molecule has 0 aromatic heterocycles. The normalized spacial score (nSPS) is 11.4. The van der Waals surface area contributed by atoms with E-state index in [1.807, 2.05) is 12.1 Å². The highest BCUT2D eigenvalue weighted by molar-refractivity contribution is 9.10. The second kappa shape index (κ2) is 9.58. The van der Waals surface area contributed by atoms with E-state index in [0.29, 0.717) is 27.7 Å². The van der Waals surface area contributed by atoms with Crippen LogP contribution in [0.2, 0.25) is 5.02 Å². The zero-order valence-electron chi connectivity index (χ0n) is 15.5. The summed E-state index contributed by atoms with van der Waals surface area (Å²) in [5.41, 5.74) is 1.40. The van der Waals surface area contributed by atoms with E-state index >= 15 is 0 Å². The average Bonchev–Trinajstić information content (AvgIpc) is 2.71. The van der Waals surface area contributed by atoms with Crippen molar-refractivity contribution in [3.63, 3.8) is 0 Å². The summed E-state index contributed by atoms with van der Waals surface area (Å²) >= 11 is 9.21. The second-order valence-electron chi connectivity index (χ2n) is 6.21. The summed E-state index contributed by atoms with van der Waals surface area (Å²) in [6, 6.07) is 20.8. The fourth-order valence-corrected chi connectivity index (χ4v) is 2.92. The quantitative estimate of drug-likeness (QED) is 0.478. The largest absolute Gasteiger partial charge is 0.481 e. The Balaban J connectivity index is 1.69. The van der Waals surface area contributed by atoms with Gasteiger partial charge in [0.05, 0.1) is 11.3 Å². The van der Waals surface area contributed by atoms with E-state index in [9.17, 15) is 9.59 Å². The molecule has 148 valence electrons. The number of ether oxygens (including phenoxy) is 1. The van der Waals surface area contributed by atoms with E-state index in [0.717, 1.165) is 4.47 Å². The Kier molecular flexibility index (Phi) is 6.90. The van der Waals surface area contributed by atoms with Gasteiger partial charge in [0.2, 0.25) is 0 Å². The number of rotatable bonds is 6. The molecule has 0 aliphatic rings. The summed E-state index contributed by atoms with van der Waals surface area (Å²) in [6.07, 6.45) is -0.765. The third-order valence-electron chi connectivity index (χ3n) is 4.03. The van der Waals surface area contributed by atoms with Crippen molar-refractivity contribution in [3.05, 3.63) is 87.9 Å². The van der Waals surface area contributed by atoms with Gasteiger partial charge in [0, 0.05) is 15.2 Å². The summed E-state index contributed by atoms with van der Waals surface area (Å²) in [5, 5.41) is 6.16. The average molecular weight is 474 g/mol. The summed E-state index contributed by atoms with van der Waals surface area (Å²) < 4.78 is 6.55. The lowest BCUT2D eigenvalue weighted by Crippen LogP contribution is -2.31. The molecule has 3 aromatic carbocycles. The van der Waals surface area contributed by atoms with Crippen molar-refractivity contribution < 1.29 is 14.3 Å². The molecule has 1 atom stereocenters. The number of hydrogen-bond acceptors (Lipinski definition) is 3. The lowest BCUT2D eigenvalue weighted by molar-refractivity contribution is -0.122. The number of para-hydroxylation sites is 1. The molecule has 0 spiro atoms. The minimum Gasteiger partial charge on any atom is -0.481 e.